The van der Waals surface area contributed by atoms with Crippen molar-refractivity contribution in [2.75, 3.05) is 0 Å². The van der Waals surface area contributed by atoms with Gasteiger partial charge in [-0.25, -0.2) is 19.9 Å². The van der Waals surface area contributed by atoms with Gasteiger partial charge in [0.2, 0.25) is 0 Å². The molecule has 0 atom stereocenters. The van der Waals surface area contributed by atoms with E-state index in [0.717, 1.165) is 50.0 Å². The third-order valence-electron chi connectivity index (χ3n) is 11.5. The minimum atomic E-state index is 0.626. The maximum absolute atomic E-state index is 5.64. The van der Waals surface area contributed by atoms with Gasteiger partial charge in [0.15, 0.2) is 17.5 Å². The van der Waals surface area contributed by atoms with E-state index in [4.69, 9.17) is 19.9 Å². The molecule has 0 spiro atoms. The van der Waals surface area contributed by atoms with Crippen molar-refractivity contribution in [2.24, 2.45) is 0 Å². The molecule has 0 amide bonds. The van der Waals surface area contributed by atoms with Gasteiger partial charge >= 0.3 is 0 Å². The molecular formula is C54H32N4S. The Bertz CT molecular complexity index is 3500. The van der Waals surface area contributed by atoms with Crippen LogP contribution < -0.4 is 0 Å². The van der Waals surface area contributed by atoms with Crippen LogP contribution in [-0.4, -0.2) is 19.9 Å². The Kier molecular flexibility index (Phi) is 7.68. The molecule has 4 nitrogen and oxygen atoms in total. The van der Waals surface area contributed by atoms with Crippen LogP contribution in [0.1, 0.15) is 0 Å². The smallest absolute Gasteiger partial charge is 0.164 e. The van der Waals surface area contributed by atoms with Gasteiger partial charge in [-0.15, -0.1) is 11.3 Å². The van der Waals surface area contributed by atoms with Crippen molar-refractivity contribution in [1.82, 2.24) is 19.9 Å². The lowest BCUT2D eigenvalue weighted by Gasteiger charge is -2.14. The van der Waals surface area contributed by atoms with Gasteiger partial charge in [-0.2, -0.15) is 0 Å². The van der Waals surface area contributed by atoms with Crippen molar-refractivity contribution >= 4 is 74.7 Å². The van der Waals surface area contributed by atoms with Crippen molar-refractivity contribution in [3.8, 4) is 56.5 Å². The van der Waals surface area contributed by atoms with Crippen LogP contribution in [0.25, 0.3) is 120 Å². The first-order valence-corrected chi connectivity index (χ1v) is 20.6. The van der Waals surface area contributed by atoms with Gasteiger partial charge in [-0.1, -0.05) is 182 Å². The molecule has 0 bridgehead atoms. The molecule has 3 aromatic heterocycles. The predicted molar refractivity (Wildman–Crippen MR) is 248 cm³/mol. The first-order chi connectivity index (χ1) is 29.2. The SMILES string of the molecule is c1ccc(-c2nc(-c3ccccc3)nc(-c3ccc(-c4nc5c(-c6ccc7c8ccccc8c8ccccc8c7c6)cccc5c5sc6ccccc6c45)cc3)n2)cc1. The first kappa shape index (κ1) is 33.5. The molecule has 59 heavy (non-hydrogen) atoms. The highest BCUT2D eigenvalue weighted by Gasteiger charge is 2.20. The average molecular weight is 769 g/mol. The number of hydrogen-bond donors (Lipinski definition) is 0. The second-order valence-corrected chi connectivity index (χ2v) is 16.0. The number of benzene rings is 9. The number of pyridine rings is 1. The fraction of sp³-hybridized carbons (Fsp3) is 0. The van der Waals surface area contributed by atoms with Crippen molar-refractivity contribution in [3.05, 3.63) is 194 Å². The summed E-state index contributed by atoms with van der Waals surface area (Å²) in [6, 6.07) is 68.5. The van der Waals surface area contributed by atoms with Crippen LogP contribution in [0.2, 0.25) is 0 Å². The van der Waals surface area contributed by atoms with Gasteiger partial charge in [-0.3, -0.25) is 0 Å². The fourth-order valence-corrected chi connectivity index (χ4v) is 9.95. The normalized spacial score (nSPS) is 11.7. The average Bonchev–Trinajstić information content (AvgIpc) is 3.72. The zero-order valence-corrected chi connectivity index (χ0v) is 32.5. The standard InChI is InChI=1S/C54H32N4S/c1-3-14-34(15-4-1)52-56-53(35-16-5-2-6-17-35)58-54(57-52)36-28-26-33(27-29-36)49-48-44-22-11-12-25-47(44)59-51(48)45-24-13-23-38(50(45)55-49)37-30-31-43-41-20-8-7-18-39(41)40-19-9-10-21-42(40)46(43)32-37/h1-32H. The van der Waals surface area contributed by atoms with E-state index in [2.05, 4.69) is 133 Å². The summed E-state index contributed by atoms with van der Waals surface area (Å²) < 4.78 is 2.49. The fourth-order valence-electron chi connectivity index (χ4n) is 8.72. The molecule has 0 saturated carbocycles. The van der Waals surface area contributed by atoms with E-state index >= 15 is 0 Å². The predicted octanol–water partition coefficient (Wildman–Crippen LogP) is 14.6. The number of aromatic nitrogens is 4. The molecule has 0 aliphatic rings. The van der Waals surface area contributed by atoms with Crippen molar-refractivity contribution in [1.29, 1.82) is 0 Å². The van der Waals surface area contributed by atoms with E-state index in [1.807, 2.05) is 72.0 Å². The summed E-state index contributed by atoms with van der Waals surface area (Å²) in [7, 11) is 0. The Morgan fingerprint density at radius 3 is 1.37 bits per heavy atom. The molecule has 274 valence electrons. The summed E-state index contributed by atoms with van der Waals surface area (Å²) >= 11 is 1.84. The van der Waals surface area contributed by atoms with Crippen molar-refractivity contribution in [2.45, 2.75) is 0 Å². The summed E-state index contributed by atoms with van der Waals surface area (Å²) in [4.78, 5) is 20.5. The first-order valence-electron chi connectivity index (χ1n) is 19.8. The molecule has 12 rings (SSSR count). The summed E-state index contributed by atoms with van der Waals surface area (Å²) in [6.07, 6.45) is 0. The summed E-state index contributed by atoms with van der Waals surface area (Å²) in [5.74, 6) is 1.91. The summed E-state index contributed by atoms with van der Waals surface area (Å²) in [5.41, 5.74) is 8.06. The molecule has 0 radical (unpaired) electrons. The minimum Gasteiger partial charge on any atom is -0.246 e. The Labute approximate surface area is 343 Å². The van der Waals surface area contributed by atoms with Crippen LogP contribution in [0.15, 0.2) is 194 Å². The van der Waals surface area contributed by atoms with Crippen LogP contribution in [0, 0.1) is 0 Å². The zero-order chi connectivity index (χ0) is 38.9. The van der Waals surface area contributed by atoms with Crippen molar-refractivity contribution < 1.29 is 0 Å². The van der Waals surface area contributed by atoms with Gasteiger partial charge < -0.3 is 0 Å². The largest absolute Gasteiger partial charge is 0.246 e. The van der Waals surface area contributed by atoms with E-state index in [1.165, 1.54) is 52.5 Å². The van der Waals surface area contributed by atoms with Crippen LogP contribution in [0.5, 0.6) is 0 Å². The highest BCUT2D eigenvalue weighted by Crippen LogP contribution is 2.45. The molecule has 0 aliphatic heterocycles. The number of fused-ring (bicyclic) bond motifs is 11. The van der Waals surface area contributed by atoms with E-state index < -0.39 is 0 Å². The lowest BCUT2D eigenvalue weighted by Crippen LogP contribution is -2.00. The summed E-state index contributed by atoms with van der Waals surface area (Å²) in [6.45, 7) is 0. The summed E-state index contributed by atoms with van der Waals surface area (Å²) in [5, 5.41) is 11.1. The van der Waals surface area contributed by atoms with Crippen LogP contribution >= 0.6 is 11.3 Å². The van der Waals surface area contributed by atoms with Gasteiger partial charge in [0.25, 0.3) is 0 Å². The van der Waals surface area contributed by atoms with E-state index in [1.54, 1.807) is 0 Å². The van der Waals surface area contributed by atoms with Crippen LogP contribution in [0.4, 0.5) is 0 Å². The van der Waals surface area contributed by atoms with Crippen LogP contribution in [0.3, 0.4) is 0 Å². The van der Waals surface area contributed by atoms with Crippen molar-refractivity contribution in [3.63, 3.8) is 0 Å². The molecule has 0 N–H and O–H groups in total. The highest BCUT2D eigenvalue weighted by atomic mass is 32.1. The number of thiophene rings is 1. The lowest BCUT2D eigenvalue weighted by atomic mass is 9.91. The Hall–Kier alpha value is -7.60. The molecule has 12 aromatic rings. The maximum Gasteiger partial charge on any atom is 0.164 e. The van der Waals surface area contributed by atoms with E-state index in [9.17, 15) is 0 Å². The molecule has 5 heteroatoms. The topological polar surface area (TPSA) is 51.6 Å². The molecule has 9 aromatic carbocycles. The van der Waals surface area contributed by atoms with Gasteiger partial charge in [0, 0.05) is 53.4 Å². The number of hydrogen-bond acceptors (Lipinski definition) is 5. The second kappa shape index (κ2) is 13.5. The lowest BCUT2D eigenvalue weighted by molar-refractivity contribution is 1.07. The third kappa shape index (κ3) is 5.51. The Balaban J connectivity index is 1.05. The molecule has 0 unspecified atom stereocenters. The monoisotopic (exact) mass is 768 g/mol. The van der Waals surface area contributed by atoms with Gasteiger partial charge in [-0.05, 0) is 50.0 Å². The van der Waals surface area contributed by atoms with E-state index in [0.29, 0.717) is 17.5 Å². The molecule has 3 heterocycles. The minimum absolute atomic E-state index is 0.626. The van der Waals surface area contributed by atoms with Gasteiger partial charge in [0.05, 0.1) is 11.2 Å². The second-order valence-electron chi connectivity index (χ2n) is 14.9. The number of rotatable bonds is 5. The zero-order valence-electron chi connectivity index (χ0n) is 31.7. The molecule has 0 fully saturated rings. The van der Waals surface area contributed by atoms with E-state index in [-0.39, 0.29) is 0 Å². The number of nitrogens with zero attached hydrogens (tertiary/aromatic N) is 4. The molecule has 0 aliphatic carbocycles. The quantitative estimate of drug-likeness (QED) is 0.164. The Morgan fingerprint density at radius 1 is 0.305 bits per heavy atom. The Morgan fingerprint density at radius 2 is 0.763 bits per heavy atom. The van der Waals surface area contributed by atoms with Gasteiger partial charge in [0.1, 0.15) is 0 Å². The number of para-hydroxylation sites is 1. The molecular weight excluding hydrogens is 737 g/mol. The highest BCUT2D eigenvalue weighted by molar-refractivity contribution is 7.26. The molecule has 0 saturated heterocycles. The third-order valence-corrected chi connectivity index (χ3v) is 12.7. The maximum atomic E-state index is 5.64. The van der Waals surface area contributed by atoms with Crippen LogP contribution in [-0.2, 0) is 0 Å².